The van der Waals surface area contributed by atoms with Crippen LogP contribution in [-0.4, -0.2) is 21.0 Å². The molecule has 0 saturated heterocycles. The van der Waals surface area contributed by atoms with E-state index in [1.54, 1.807) is 31.2 Å². The third-order valence-electron chi connectivity index (χ3n) is 1.83. The van der Waals surface area contributed by atoms with E-state index in [0.717, 1.165) is 5.56 Å². The maximum absolute atomic E-state index is 11.1. The van der Waals surface area contributed by atoms with Crippen molar-refractivity contribution in [3.63, 3.8) is 0 Å². The highest BCUT2D eigenvalue weighted by molar-refractivity contribution is 7.73. The van der Waals surface area contributed by atoms with E-state index in [2.05, 4.69) is 4.72 Å². The van der Waals surface area contributed by atoms with Crippen molar-refractivity contribution >= 4 is 22.5 Å². The number of hydrogen-bond acceptors (Lipinski definition) is 4. The van der Waals surface area contributed by atoms with Crippen LogP contribution in [0, 0.1) is 0 Å². The summed E-state index contributed by atoms with van der Waals surface area (Å²) in [5, 5.41) is 0. The number of benzene rings is 1. The van der Waals surface area contributed by atoms with Gasteiger partial charge < -0.3 is 4.74 Å². The van der Waals surface area contributed by atoms with E-state index in [4.69, 9.17) is 4.74 Å². The normalized spacial score (nSPS) is 10.1. The van der Waals surface area contributed by atoms with Gasteiger partial charge in [0.1, 0.15) is 0 Å². The van der Waals surface area contributed by atoms with Gasteiger partial charge in [0.2, 0.25) is 10.9 Å². The molecule has 0 amide bonds. The van der Waals surface area contributed by atoms with Crippen LogP contribution in [0.15, 0.2) is 24.3 Å². The Morgan fingerprint density at radius 2 is 1.94 bits per heavy atom. The largest absolute Gasteiger partial charge is 0.466 e. The first-order valence-electron chi connectivity index (χ1n) is 4.77. The first-order chi connectivity index (χ1) is 7.61. The van der Waals surface area contributed by atoms with E-state index in [0.29, 0.717) is 12.3 Å². The molecule has 0 aromatic heterocycles. The van der Waals surface area contributed by atoms with Crippen LogP contribution in [0.25, 0.3) is 0 Å². The summed E-state index contributed by atoms with van der Waals surface area (Å²) in [7, 11) is -2.65. The summed E-state index contributed by atoms with van der Waals surface area (Å²) in [6, 6.07) is 6.55. The van der Waals surface area contributed by atoms with Crippen molar-refractivity contribution in [1.82, 2.24) is 0 Å². The average Bonchev–Trinajstić information content (AvgIpc) is 2.20. The summed E-state index contributed by atoms with van der Waals surface area (Å²) < 4.78 is 27.8. The standard InChI is InChI=1S/C10H13NO4S/c1-2-15-10(12)7-8-3-5-9(6-4-8)11-16(13)14/h3-6,16H,2,7H2,1H3,(H,11,13,14). The molecule has 0 saturated carbocycles. The van der Waals surface area contributed by atoms with E-state index >= 15 is 0 Å². The van der Waals surface area contributed by atoms with Crippen molar-refractivity contribution in [1.29, 1.82) is 0 Å². The molecule has 1 aromatic rings. The van der Waals surface area contributed by atoms with Gasteiger partial charge in [-0.2, -0.15) is 0 Å². The van der Waals surface area contributed by atoms with E-state index in [9.17, 15) is 13.2 Å². The van der Waals surface area contributed by atoms with Crippen LogP contribution in [0.1, 0.15) is 12.5 Å². The highest BCUT2D eigenvalue weighted by Crippen LogP contribution is 2.10. The van der Waals surface area contributed by atoms with Crippen LogP contribution >= 0.6 is 0 Å². The number of carbonyl (C=O) groups is 1. The van der Waals surface area contributed by atoms with Gasteiger partial charge in [0.15, 0.2) is 0 Å². The first kappa shape index (κ1) is 12.5. The lowest BCUT2D eigenvalue weighted by atomic mass is 10.1. The van der Waals surface area contributed by atoms with Gasteiger partial charge in [-0.05, 0) is 24.6 Å². The van der Waals surface area contributed by atoms with E-state index in [1.807, 2.05) is 0 Å². The molecule has 1 rings (SSSR count). The molecule has 0 aliphatic rings. The quantitative estimate of drug-likeness (QED) is 0.590. The van der Waals surface area contributed by atoms with Gasteiger partial charge in [-0.25, -0.2) is 8.42 Å². The van der Waals surface area contributed by atoms with E-state index < -0.39 is 10.9 Å². The Hall–Kier alpha value is -1.56. The lowest BCUT2D eigenvalue weighted by Crippen LogP contribution is -2.07. The van der Waals surface area contributed by atoms with Crippen molar-refractivity contribution in [2.24, 2.45) is 0 Å². The number of ether oxygens (including phenoxy) is 1. The molecule has 16 heavy (non-hydrogen) atoms. The molecule has 5 nitrogen and oxygen atoms in total. The van der Waals surface area contributed by atoms with E-state index in [1.165, 1.54) is 0 Å². The summed E-state index contributed by atoms with van der Waals surface area (Å²) >= 11 is 0. The monoisotopic (exact) mass is 243 g/mol. The number of rotatable bonds is 5. The van der Waals surface area contributed by atoms with Gasteiger partial charge in [0.05, 0.1) is 13.0 Å². The van der Waals surface area contributed by atoms with E-state index in [-0.39, 0.29) is 12.4 Å². The molecule has 1 N–H and O–H groups in total. The summed E-state index contributed by atoms with van der Waals surface area (Å²) in [5.74, 6) is -0.293. The second kappa shape index (κ2) is 6.12. The second-order valence-electron chi connectivity index (χ2n) is 3.05. The molecule has 6 heteroatoms. The third-order valence-corrected chi connectivity index (χ3v) is 2.27. The first-order valence-corrected chi connectivity index (χ1v) is 5.95. The number of hydrogen-bond donors (Lipinski definition) is 2. The molecular formula is C10H13NO4S. The van der Waals surface area contributed by atoms with Gasteiger partial charge in [-0.1, -0.05) is 12.1 Å². The predicted molar refractivity (Wildman–Crippen MR) is 60.7 cm³/mol. The molecule has 0 spiro atoms. The molecule has 0 fully saturated rings. The molecule has 0 bridgehead atoms. The Morgan fingerprint density at radius 1 is 1.31 bits per heavy atom. The third kappa shape index (κ3) is 4.31. The lowest BCUT2D eigenvalue weighted by molar-refractivity contribution is -0.142. The minimum atomic E-state index is -2.65. The molecular weight excluding hydrogens is 230 g/mol. The molecule has 0 unspecified atom stereocenters. The average molecular weight is 243 g/mol. The topological polar surface area (TPSA) is 72.5 Å². The van der Waals surface area contributed by atoms with Crippen molar-refractivity contribution in [3.05, 3.63) is 29.8 Å². The molecule has 88 valence electrons. The van der Waals surface area contributed by atoms with Gasteiger partial charge in [0, 0.05) is 5.69 Å². The predicted octanol–water partition coefficient (Wildman–Crippen LogP) is 0.731. The molecule has 0 heterocycles. The van der Waals surface area contributed by atoms with Crippen molar-refractivity contribution < 1.29 is 17.9 Å². The minimum absolute atomic E-state index is 0.192. The van der Waals surface area contributed by atoms with Crippen LogP contribution in [0.4, 0.5) is 5.69 Å². The number of anilines is 1. The number of thiol groups is 1. The van der Waals surface area contributed by atoms with Gasteiger partial charge >= 0.3 is 5.97 Å². The van der Waals surface area contributed by atoms with Crippen molar-refractivity contribution in [3.8, 4) is 0 Å². The van der Waals surface area contributed by atoms with Crippen LogP contribution in [0.3, 0.4) is 0 Å². The number of nitrogens with one attached hydrogen (secondary N) is 1. The SMILES string of the molecule is CCOC(=O)Cc1ccc(N[SH](=O)=O)cc1. The Kier molecular flexibility index (Phi) is 4.78. The zero-order valence-corrected chi connectivity index (χ0v) is 9.70. The Labute approximate surface area is 95.5 Å². The fourth-order valence-electron chi connectivity index (χ4n) is 1.18. The fraction of sp³-hybridized carbons (Fsp3) is 0.300. The Balaban J connectivity index is 2.60. The van der Waals surface area contributed by atoms with Crippen LogP contribution in [0.2, 0.25) is 0 Å². The Bertz CT molecular complexity index is 417. The lowest BCUT2D eigenvalue weighted by Gasteiger charge is -2.03. The summed E-state index contributed by atoms with van der Waals surface area (Å²) in [6.45, 7) is 2.10. The Morgan fingerprint density at radius 3 is 2.44 bits per heavy atom. The zero-order valence-electron chi connectivity index (χ0n) is 8.80. The van der Waals surface area contributed by atoms with Crippen LogP contribution in [-0.2, 0) is 26.8 Å². The molecule has 1 aromatic carbocycles. The van der Waals surface area contributed by atoms with Gasteiger partial charge in [0.25, 0.3) is 0 Å². The molecule has 0 atom stereocenters. The maximum atomic E-state index is 11.1. The summed E-state index contributed by atoms with van der Waals surface area (Å²) in [5.41, 5.74) is 1.26. The van der Waals surface area contributed by atoms with Crippen LogP contribution in [0.5, 0.6) is 0 Å². The number of esters is 1. The smallest absolute Gasteiger partial charge is 0.310 e. The highest BCUT2D eigenvalue weighted by Gasteiger charge is 2.03. The van der Waals surface area contributed by atoms with Gasteiger partial charge in [-0.15, -0.1) is 0 Å². The van der Waals surface area contributed by atoms with Gasteiger partial charge in [-0.3, -0.25) is 9.52 Å². The zero-order chi connectivity index (χ0) is 12.0. The maximum Gasteiger partial charge on any atom is 0.310 e. The van der Waals surface area contributed by atoms with Crippen molar-refractivity contribution in [2.45, 2.75) is 13.3 Å². The minimum Gasteiger partial charge on any atom is -0.466 e. The molecule has 0 aliphatic heterocycles. The second-order valence-corrected chi connectivity index (χ2v) is 3.79. The van der Waals surface area contributed by atoms with Crippen LogP contribution < -0.4 is 4.72 Å². The van der Waals surface area contributed by atoms with Crippen molar-refractivity contribution in [2.75, 3.05) is 11.3 Å². The summed E-state index contributed by atoms with van der Waals surface area (Å²) in [6.07, 6.45) is 0.192. The number of carbonyl (C=O) groups excluding carboxylic acids is 1. The summed E-state index contributed by atoms with van der Waals surface area (Å²) in [4.78, 5) is 11.1. The highest BCUT2D eigenvalue weighted by atomic mass is 32.2. The molecule has 0 radical (unpaired) electrons. The fourth-order valence-corrected chi connectivity index (χ4v) is 1.54. The molecule has 0 aliphatic carbocycles.